The molecule has 0 aromatic carbocycles. The van der Waals surface area contributed by atoms with Gasteiger partial charge in [0.25, 0.3) is 0 Å². The van der Waals surface area contributed by atoms with Crippen molar-refractivity contribution in [3.63, 3.8) is 0 Å². The average molecular weight is 823 g/mol. The van der Waals surface area contributed by atoms with Crippen molar-refractivity contribution in [2.75, 3.05) is 13.2 Å². The third kappa shape index (κ3) is 45.8. The fourth-order valence-electron chi connectivity index (χ4n) is 6.55. The van der Waals surface area contributed by atoms with Gasteiger partial charge in [0.05, 0.1) is 6.42 Å². The molecule has 6 nitrogen and oxygen atoms in total. The second kappa shape index (κ2) is 47.5. The van der Waals surface area contributed by atoms with E-state index in [-0.39, 0.29) is 38.0 Å². The number of allylic oxidation sites excluding steroid dienone is 11. The van der Waals surface area contributed by atoms with E-state index >= 15 is 0 Å². The Morgan fingerprint density at radius 2 is 0.780 bits per heavy atom. The van der Waals surface area contributed by atoms with Crippen LogP contribution in [0.1, 0.15) is 226 Å². The van der Waals surface area contributed by atoms with Gasteiger partial charge >= 0.3 is 17.9 Å². The Balaban J connectivity index is 4.43. The Hall–Kier alpha value is -3.15. The van der Waals surface area contributed by atoms with E-state index in [1.807, 2.05) is 6.08 Å². The van der Waals surface area contributed by atoms with Crippen LogP contribution in [0.4, 0.5) is 0 Å². The number of esters is 3. The van der Waals surface area contributed by atoms with Crippen LogP contribution in [-0.4, -0.2) is 37.2 Å². The summed E-state index contributed by atoms with van der Waals surface area (Å²) in [4.78, 5) is 37.7. The van der Waals surface area contributed by atoms with E-state index in [4.69, 9.17) is 14.2 Å². The van der Waals surface area contributed by atoms with Crippen molar-refractivity contribution >= 4 is 17.9 Å². The van der Waals surface area contributed by atoms with E-state index in [1.165, 1.54) is 96.3 Å². The Kier molecular flexibility index (Phi) is 45.0. The number of carbonyl (C=O) groups is 3. The van der Waals surface area contributed by atoms with Crippen molar-refractivity contribution in [1.29, 1.82) is 0 Å². The third-order valence-corrected chi connectivity index (χ3v) is 10.2. The van der Waals surface area contributed by atoms with Gasteiger partial charge in [-0.2, -0.15) is 0 Å². The molecule has 0 aliphatic heterocycles. The maximum atomic E-state index is 12.7. The van der Waals surface area contributed by atoms with Crippen LogP contribution in [0.5, 0.6) is 0 Å². The second-order valence-corrected chi connectivity index (χ2v) is 16.0. The molecule has 59 heavy (non-hydrogen) atoms. The van der Waals surface area contributed by atoms with Crippen molar-refractivity contribution in [3.05, 3.63) is 72.9 Å². The quantitative estimate of drug-likeness (QED) is 0.0200. The Labute approximate surface area is 363 Å². The van der Waals surface area contributed by atoms with Gasteiger partial charge in [-0.3, -0.25) is 14.4 Å². The van der Waals surface area contributed by atoms with Crippen LogP contribution in [-0.2, 0) is 28.6 Å². The maximum absolute atomic E-state index is 12.7. The highest BCUT2D eigenvalue weighted by atomic mass is 16.6. The summed E-state index contributed by atoms with van der Waals surface area (Å²) in [5, 5.41) is 0. The fraction of sp³-hybridized carbons (Fsp3) is 0.717. The van der Waals surface area contributed by atoms with Crippen molar-refractivity contribution in [1.82, 2.24) is 0 Å². The molecule has 0 bridgehead atoms. The SMILES string of the molecule is CC/C=C\C/C=C\C/C=C\CC(=O)OCC(COC(=O)CCCCCCC/C=C\C=C/CCCCCCCCC)OC(=O)CCCCC/C=C\CCCCCCCCC. The van der Waals surface area contributed by atoms with E-state index in [0.717, 1.165) is 89.9 Å². The zero-order valence-corrected chi connectivity index (χ0v) is 38.5. The van der Waals surface area contributed by atoms with Crippen LogP contribution in [0.25, 0.3) is 0 Å². The van der Waals surface area contributed by atoms with Gasteiger partial charge in [-0.1, -0.05) is 196 Å². The first-order valence-corrected chi connectivity index (χ1v) is 24.5. The summed E-state index contributed by atoms with van der Waals surface area (Å²) in [6, 6.07) is 0. The van der Waals surface area contributed by atoms with E-state index in [9.17, 15) is 14.4 Å². The zero-order valence-electron chi connectivity index (χ0n) is 38.5. The maximum Gasteiger partial charge on any atom is 0.309 e. The summed E-state index contributed by atoms with van der Waals surface area (Å²) >= 11 is 0. The van der Waals surface area contributed by atoms with Gasteiger partial charge in [-0.05, 0) is 83.5 Å². The first-order valence-electron chi connectivity index (χ1n) is 24.5. The Morgan fingerprint density at radius 3 is 1.29 bits per heavy atom. The minimum Gasteiger partial charge on any atom is -0.462 e. The highest BCUT2D eigenvalue weighted by Gasteiger charge is 2.19. The molecule has 1 unspecified atom stereocenters. The molecule has 0 fully saturated rings. The zero-order chi connectivity index (χ0) is 43.0. The fourth-order valence-corrected chi connectivity index (χ4v) is 6.55. The molecule has 0 N–H and O–H groups in total. The molecule has 0 aliphatic rings. The molecule has 6 heteroatoms. The Morgan fingerprint density at radius 1 is 0.390 bits per heavy atom. The van der Waals surface area contributed by atoms with Crippen molar-refractivity contribution in [2.24, 2.45) is 0 Å². The average Bonchev–Trinajstić information content (AvgIpc) is 3.23. The molecule has 0 amide bonds. The number of unbranched alkanes of at least 4 members (excludes halogenated alkanes) is 22. The molecule has 1 atom stereocenters. The van der Waals surface area contributed by atoms with Gasteiger partial charge in [0.15, 0.2) is 6.10 Å². The van der Waals surface area contributed by atoms with Crippen LogP contribution in [0.15, 0.2) is 72.9 Å². The van der Waals surface area contributed by atoms with Crippen LogP contribution in [0, 0.1) is 0 Å². The topological polar surface area (TPSA) is 78.9 Å². The normalized spacial score (nSPS) is 12.7. The molecular weight excluding hydrogens is 733 g/mol. The van der Waals surface area contributed by atoms with E-state index in [0.29, 0.717) is 6.42 Å². The lowest BCUT2D eigenvalue weighted by molar-refractivity contribution is -0.166. The summed E-state index contributed by atoms with van der Waals surface area (Å²) in [6.45, 7) is 6.38. The lowest BCUT2D eigenvalue weighted by atomic mass is 10.1. The van der Waals surface area contributed by atoms with Crippen LogP contribution >= 0.6 is 0 Å². The smallest absolute Gasteiger partial charge is 0.309 e. The monoisotopic (exact) mass is 823 g/mol. The summed E-state index contributed by atoms with van der Waals surface area (Å²) in [5.74, 6) is -1.08. The van der Waals surface area contributed by atoms with Crippen molar-refractivity contribution in [2.45, 2.75) is 232 Å². The van der Waals surface area contributed by atoms with Crippen LogP contribution in [0.3, 0.4) is 0 Å². The Bertz CT molecular complexity index is 1130. The van der Waals surface area contributed by atoms with Gasteiger partial charge in [0, 0.05) is 12.8 Å². The predicted octanol–water partition coefficient (Wildman–Crippen LogP) is 15.9. The molecule has 0 saturated heterocycles. The first-order chi connectivity index (χ1) is 29.0. The van der Waals surface area contributed by atoms with Crippen molar-refractivity contribution in [3.8, 4) is 0 Å². The molecule has 0 spiro atoms. The molecular formula is C53H90O6. The molecule has 0 aromatic rings. The minimum atomic E-state index is -0.823. The van der Waals surface area contributed by atoms with Crippen molar-refractivity contribution < 1.29 is 28.6 Å². The molecule has 0 heterocycles. The van der Waals surface area contributed by atoms with Gasteiger partial charge in [0.1, 0.15) is 13.2 Å². The lowest BCUT2D eigenvalue weighted by Gasteiger charge is -2.18. The summed E-state index contributed by atoms with van der Waals surface area (Å²) in [6.07, 6.45) is 59.2. The number of hydrogen-bond acceptors (Lipinski definition) is 6. The number of hydrogen-bond donors (Lipinski definition) is 0. The largest absolute Gasteiger partial charge is 0.462 e. The lowest BCUT2D eigenvalue weighted by Crippen LogP contribution is -2.30. The summed E-state index contributed by atoms with van der Waals surface area (Å²) < 4.78 is 16.6. The molecule has 0 aromatic heterocycles. The molecule has 338 valence electrons. The van der Waals surface area contributed by atoms with E-state index < -0.39 is 12.1 Å². The number of carbonyl (C=O) groups excluding carboxylic acids is 3. The standard InChI is InChI=1S/C53H90O6/c1-4-7-10-13-16-19-21-23-25-26-27-28-30-31-34-37-40-43-46-52(55)58-49-50(48-57-51(54)45-42-39-36-33-18-15-12-9-6-3)59-53(56)47-44-41-38-35-32-29-24-22-20-17-14-11-8-5-2/h9,12,18,25-29,32-33,39,42,50H,4-8,10-11,13-17,19-24,30-31,34-38,40-41,43-49H2,1-3H3/b12-9-,26-25-,28-27-,32-29-,33-18-,42-39-. The van der Waals surface area contributed by atoms with E-state index in [1.54, 1.807) is 6.08 Å². The molecule has 0 rings (SSSR count). The number of ether oxygens (including phenoxy) is 3. The second-order valence-electron chi connectivity index (χ2n) is 16.0. The minimum absolute atomic E-state index is 0.117. The molecule has 0 saturated carbocycles. The highest BCUT2D eigenvalue weighted by molar-refractivity contribution is 5.72. The molecule has 0 aliphatic carbocycles. The van der Waals surface area contributed by atoms with Gasteiger partial charge in [-0.15, -0.1) is 0 Å². The summed E-state index contributed by atoms with van der Waals surface area (Å²) in [7, 11) is 0. The van der Waals surface area contributed by atoms with Crippen LogP contribution in [0.2, 0.25) is 0 Å². The van der Waals surface area contributed by atoms with Gasteiger partial charge < -0.3 is 14.2 Å². The highest BCUT2D eigenvalue weighted by Crippen LogP contribution is 2.13. The van der Waals surface area contributed by atoms with Gasteiger partial charge in [-0.25, -0.2) is 0 Å². The third-order valence-electron chi connectivity index (χ3n) is 10.2. The number of rotatable bonds is 43. The summed E-state index contributed by atoms with van der Waals surface area (Å²) in [5.41, 5.74) is 0. The van der Waals surface area contributed by atoms with Gasteiger partial charge in [0.2, 0.25) is 0 Å². The predicted molar refractivity (Wildman–Crippen MR) is 251 cm³/mol. The van der Waals surface area contributed by atoms with E-state index in [2.05, 4.69) is 81.5 Å². The van der Waals surface area contributed by atoms with Crippen LogP contribution < -0.4 is 0 Å². The first kappa shape index (κ1) is 55.9. The molecule has 0 radical (unpaired) electrons.